The van der Waals surface area contributed by atoms with Crippen LogP contribution in [-0.4, -0.2) is 31.6 Å². The third kappa shape index (κ3) is 4.85. The van der Waals surface area contributed by atoms with Crippen LogP contribution in [0.4, 0.5) is 5.69 Å². The lowest BCUT2D eigenvalue weighted by atomic mass is 10.0. The van der Waals surface area contributed by atoms with Crippen LogP contribution in [0.1, 0.15) is 26.3 Å². The lowest BCUT2D eigenvalue weighted by Crippen LogP contribution is -2.41. The minimum absolute atomic E-state index is 0.0281. The van der Waals surface area contributed by atoms with Crippen molar-refractivity contribution in [3.8, 4) is 0 Å². The maximum Gasteiger partial charge on any atom is 0.224 e. The predicted octanol–water partition coefficient (Wildman–Crippen LogP) is 1.92. The zero-order valence-electron chi connectivity index (χ0n) is 13.0. The Morgan fingerprint density at radius 1 is 1.40 bits per heavy atom. The van der Waals surface area contributed by atoms with Gasteiger partial charge in [-0.15, -0.1) is 0 Å². The van der Waals surface area contributed by atoms with Crippen molar-refractivity contribution < 1.29 is 4.79 Å². The normalized spacial score (nSPS) is 13.7. The second-order valence-electron chi connectivity index (χ2n) is 5.36. The Hall–Kier alpha value is -1.55. The van der Waals surface area contributed by atoms with Crippen LogP contribution in [0.2, 0.25) is 0 Å². The Bertz CT molecular complexity index is 431. The molecule has 4 nitrogen and oxygen atoms in total. The molecular weight excluding hydrogens is 250 g/mol. The van der Waals surface area contributed by atoms with Crippen molar-refractivity contribution in [1.82, 2.24) is 5.32 Å². The van der Waals surface area contributed by atoms with Crippen molar-refractivity contribution in [3.05, 3.63) is 29.8 Å². The van der Waals surface area contributed by atoms with Gasteiger partial charge in [-0.3, -0.25) is 4.79 Å². The van der Waals surface area contributed by atoms with Crippen molar-refractivity contribution >= 4 is 11.6 Å². The molecule has 0 aromatic heterocycles. The van der Waals surface area contributed by atoms with E-state index < -0.39 is 0 Å². The molecule has 0 spiro atoms. The SMILES string of the molecule is CCN(CCNC(=O)C(C)C(C)N)c1cccc(C)c1. The van der Waals surface area contributed by atoms with E-state index in [1.807, 2.05) is 13.8 Å². The average molecular weight is 277 g/mol. The molecule has 0 saturated carbocycles. The molecule has 0 aliphatic rings. The quantitative estimate of drug-likeness (QED) is 0.800. The summed E-state index contributed by atoms with van der Waals surface area (Å²) in [6.07, 6.45) is 0. The van der Waals surface area contributed by atoms with Gasteiger partial charge in [0.15, 0.2) is 0 Å². The fourth-order valence-electron chi connectivity index (χ4n) is 2.01. The third-order valence-corrected chi connectivity index (χ3v) is 3.63. The summed E-state index contributed by atoms with van der Waals surface area (Å²) in [6, 6.07) is 8.29. The number of nitrogens with two attached hydrogens (primary N) is 1. The van der Waals surface area contributed by atoms with Gasteiger partial charge in [0, 0.05) is 37.3 Å². The van der Waals surface area contributed by atoms with E-state index in [2.05, 4.69) is 48.3 Å². The second-order valence-corrected chi connectivity index (χ2v) is 5.36. The maximum atomic E-state index is 11.8. The first-order valence-electron chi connectivity index (χ1n) is 7.30. The minimum Gasteiger partial charge on any atom is -0.370 e. The number of aryl methyl sites for hydroxylation is 1. The molecular formula is C16H27N3O. The molecule has 0 saturated heterocycles. The molecule has 1 amide bonds. The number of hydrogen-bond acceptors (Lipinski definition) is 3. The number of nitrogens with zero attached hydrogens (tertiary/aromatic N) is 1. The number of rotatable bonds is 7. The number of carbonyl (C=O) groups excluding carboxylic acids is 1. The summed E-state index contributed by atoms with van der Waals surface area (Å²) in [6.45, 7) is 10.3. The van der Waals surface area contributed by atoms with Gasteiger partial charge in [-0.1, -0.05) is 19.1 Å². The van der Waals surface area contributed by atoms with E-state index >= 15 is 0 Å². The standard InChI is InChI=1S/C16H27N3O/c1-5-19(15-8-6-7-12(2)11-15)10-9-18-16(20)13(3)14(4)17/h6-8,11,13-14H,5,9-10,17H2,1-4H3,(H,18,20). The van der Waals surface area contributed by atoms with Crippen LogP contribution >= 0.6 is 0 Å². The number of benzene rings is 1. The molecule has 0 radical (unpaired) electrons. The van der Waals surface area contributed by atoms with Gasteiger partial charge >= 0.3 is 0 Å². The lowest BCUT2D eigenvalue weighted by Gasteiger charge is -2.24. The highest BCUT2D eigenvalue weighted by Gasteiger charge is 2.16. The number of amides is 1. The molecule has 0 fully saturated rings. The Balaban J connectivity index is 2.49. The molecule has 3 N–H and O–H groups in total. The van der Waals surface area contributed by atoms with Crippen molar-refractivity contribution in [3.63, 3.8) is 0 Å². The van der Waals surface area contributed by atoms with Gasteiger partial charge in [0.1, 0.15) is 0 Å². The molecule has 2 atom stereocenters. The zero-order valence-corrected chi connectivity index (χ0v) is 13.0. The number of hydrogen-bond donors (Lipinski definition) is 2. The molecule has 112 valence electrons. The molecule has 0 heterocycles. The third-order valence-electron chi connectivity index (χ3n) is 3.63. The summed E-state index contributed by atoms with van der Waals surface area (Å²) in [5.74, 6) is -0.121. The van der Waals surface area contributed by atoms with E-state index in [-0.39, 0.29) is 17.9 Å². The zero-order chi connectivity index (χ0) is 15.1. The maximum absolute atomic E-state index is 11.8. The number of likely N-dealkylation sites (N-methyl/N-ethyl adjacent to an activating group) is 1. The van der Waals surface area contributed by atoms with Crippen molar-refractivity contribution in [2.45, 2.75) is 33.7 Å². The average Bonchev–Trinajstić information content (AvgIpc) is 2.42. The molecule has 4 heteroatoms. The van der Waals surface area contributed by atoms with E-state index in [1.165, 1.54) is 11.3 Å². The first-order chi connectivity index (χ1) is 9.45. The van der Waals surface area contributed by atoms with E-state index in [0.29, 0.717) is 6.54 Å². The Labute approximate surface area is 122 Å². The number of anilines is 1. The van der Waals surface area contributed by atoms with Crippen LogP contribution in [0.15, 0.2) is 24.3 Å². The highest BCUT2D eigenvalue weighted by Crippen LogP contribution is 2.15. The van der Waals surface area contributed by atoms with Gasteiger partial charge in [-0.25, -0.2) is 0 Å². The summed E-state index contributed by atoms with van der Waals surface area (Å²) in [7, 11) is 0. The van der Waals surface area contributed by atoms with E-state index in [4.69, 9.17) is 5.73 Å². The van der Waals surface area contributed by atoms with Crippen molar-refractivity contribution in [2.24, 2.45) is 11.7 Å². The summed E-state index contributed by atoms with van der Waals surface area (Å²) < 4.78 is 0. The first kappa shape index (κ1) is 16.5. The summed E-state index contributed by atoms with van der Waals surface area (Å²) in [5, 5.41) is 2.95. The van der Waals surface area contributed by atoms with Crippen LogP contribution in [0.3, 0.4) is 0 Å². The van der Waals surface area contributed by atoms with Crippen molar-refractivity contribution in [2.75, 3.05) is 24.5 Å². The highest BCUT2D eigenvalue weighted by atomic mass is 16.1. The number of nitrogens with one attached hydrogen (secondary N) is 1. The summed E-state index contributed by atoms with van der Waals surface area (Å²) >= 11 is 0. The smallest absolute Gasteiger partial charge is 0.224 e. The van der Waals surface area contributed by atoms with Crippen LogP contribution in [-0.2, 0) is 4.79 Å². The van der Waals surface area contributed by atoms with Crippen molar-refractivity contribution in [1.29, 1.82) is 0 Å². The molecule has 2 unspecified atom stereocenters. The summed E-state index contributed by atoms with van der Waals surface area (Å²) in [5.41, 5.74) is 8.17. The predicted molar refractivity (Wildman–Crippen MR) is 84.9 cm³/mol. The highest BCUT2D eigenvalue weighted by molar-refractivity contribution is 5.78. The van der Waals surface area contributed by atoms with Gasteiger partial charge < -0.3 is 16.0 Å². The largest absolute Gasteiger partial charge is 0.370 e. The second kappa shape index (κ2) is 7.90. The molecule has 1 aromatic rings. The van der Waals surface area contributed by atoms with Gasteiger partial charge in [0.05, 0.1) is 0 Å². The fourth-order valence-corrected chi connectivity index (χ4v) is 2.01. The molecule has 0 bridgehead atoms. The molecule has 0 aliphatic carbocycles. The minimum atomic E-state index is -0.149. The monoisotopic (exact) mass is 277 g/mol. The molecule has 1 rings (SSSR count). The molecule has 20 heavy (non-hydrogen) atoms. The van der Waals surface area contributed by atoms with Crippen LogP contribution in [0.25, 0.3) is 0 Å². The van der Waals surface area contributed by atoms with Gasteiger partial charge in [0.25, 0.3) is 0 Å². The fraction of sp³-hybridized carbons (Fsp3) is 0.562. The summed E-state index contributed by atoms with van der Waals surface area (Å²) in [4.78, 5) is 14.1. The van der Waals surface area contributed by atoms with Gasteiger partial charge in [-0.2, -0.15) is 0 Å². The van der Waals surface area contributed by atoms with Gasteiger partial charge in [0.2, 0.25) is 5.91 Å². The lowest BCUT2D eigenvalue weighted by molar-refractivity contribution is -0.124. The topological polar surface area (TPSA) is 58.4 Å². The first-order valence-corrected chi connectivity index (χ1v) is 7.30. The van der Waals surface area contributed by atoms with E-state index in [9.17, 15) is 4.79 Å². The molecule has 1 aromatic carbocycles. The van der Waals surface area contributed by atoms with E-state index in [0.717, 1.165) is 13.1 Å². The Kier molecular flexibility index (Phi) is 6.52. The molecule has 0 aliphatic heterocycles. The van der Waals surface area contributed by atoms with Crippen LogP contribution in [0.5, 0.6) is 0 Å². The van der Waals surface area contributed by atoms with Crippen LogP contribution < -0.4 is 16.0 Å². The van der Waals surface area contributed by atoms with Gasteiger partial charge in [-0.05, 0) is 38.5 Å². The van der Waals surface area contributed by atoms with E-state index in [1.54, 1.807) is 0 Å². The number of carbonyl (C=O) groups is 1. The Morgan fingerprint density at radius 3 is 2.65 bits per heavy atom. The van der Waals surface area contributed by atoms with Crippen LogP contribution in [0, 0.1) is 12.8 Å². The Morgan fingerprint density at radius 2 is 2.10 bits per heavy atom.